The maximum atomic E-state index is 12.2. The molecule has 0 saturated heterocycles. The molecule has 0 aliphatic carbocycles. The van der Waals surface area contributed by atoms with Crippen LogP contribution in [0.2, 0.25) is 0 Å². The maximum absolute atomic E-state index is 12.2. The molecule has 1 atom stereocenters. The smallest absolute Gasteiger partial charge is 0.237 e. The minimum atomic E-state index is -0.529. The molecule has 23 heavy (non-hydrogen) atoms. The second-order valence-corrected chi connectivity index (χ2v) is 6.02. The van der Waals surface area contributed by atoms with Gasteiger partial charge in [-0.1, -0.05) is 54.6 Å². The first-order chi connectivity index (χ1) is 11.1. The minimum Gasteiger partial charge on any atom is -0.351 e. The third-order valence-corrected chi connectivity index (χ3v) is 3.69. The summed E-state index contributed by atoms with van der Waals surface area (Å²) < 4.78 is 0. The van der Waals surface area contributed by atoms with Crippen molar-refractivity contribution < 1.29 is 4.79 Å². The quantitative estimate of drug-likeness (QED) is 0.821. The predicted octanol–water partition coefficient (Wildman–Crippen LogP) is 1.93. The molecule has 0 spiro atoms. The molecule has 3 N–H and O–H groups in total. The Morgan fingerprint density at radius 2 is 1.65 bits per heavy atom. The van der Waals surface area contributed by atoms with Crippen LogP contribution in [0.3, 0.4) is 0 Å². The van der Waals surface area contributed by atoms with Crippen molar-refractivity contribution in [3.63, 3.8) is 0 Å². The molecular weight excluding hydrogens is 286 g/mol. The van der Waals surface area contributed by atoms with Crippen molar-refractivity contribution in [1.29, 1.82) is 0 Å². The van der Waals surface area contributed by atoms with Crippen LogP contribution in [0.1, 0.15) is 16.7 Å². The van der Waals surface area contributed by atoms with Gasteiger partial charge in [-0.15, -0.1) is 0 Å². The van der Waals surface area contributed by atoms with Crippen molar-refractivity contribution in [1.82, 2.24) is 10.2 Å². The van der Waals surface area contributed by atoms with Crippen LogP contribution in [-0.4, -0.2) is 30.9 Å². The Morgan fingerprint density at radius 3 is 2.30 bits per heavy atom. The van der Waals surface area contributed by atoms with Crippen LogP contribution in [0.15, 0.2) is 54.6 Å². The Morgan fingerprint density at radius 1 is 1.04 bits per heavy atom. The van der Waals surface area contributed by atoms with Gasteiger partial charge in [-0.3, -0.25) is 4.79 Å². The Labute approximate surface area is 138 Å². The van der Waals surface area contributed by atoms with E-state index in [1.807, 2.05) is 62.6 Å². The van der Waals surface area contributed by atoms with Crippen LogP contribution in [-0.2, 0) is 24.3 Å². The SMILES string of the molecule is CN(C)Cc1ccccc1CNC(=O)C(N)Cc1ccccc1. The summed E-state index contributed by atoms with van der Waals surface area (Å²) in [7, 11) is 4.07. The highest BCUT2D eigenvalue weighted by atomic mass is 16.2. The molecule has 2 aromatic rings. The molecule has 0 radical (unpaired) electrons. The number of rotatable bonds is 7. The van der Waals surface area contributed by atoms with E-state index in [0.29, 0.717) is 13.0 Å². The average Bonchev–Trinajstić information content (AvgIpc) is 2.54. The fraction of sp³-hybridized carbons (Fsp3) is 0.316. The van der Waals surface area contributed by atoms with E-state index in [-0.39, 0.29) is 5.91 Å². The van der Waals surface area contributed by atoms with Gasteiger partial charge in [-0.2, -0.15) is 0 Å². The van der Waals surface area contributed by atoms with Crippen LogP contribution in [0.4, 0.5) is 0 Å². The molecule has 0 fully saturated rings. The first-order valence-corrected chi connectivity index (χ1v) is 7.85. The largest absolute Gasteiger partial charge is 0.351 e. The van der Waals surface area contributed by atoms with Crippen molar-refractivity contribution in [2.75, 3.05) is 14.1 Å². The number of hydrogen-bond acceptors (Lipinski definition) is 3. The molecule has 1 unspecified atom stereocenters. The average molecular weight is 311 g/mol. The lowest BCUT2D eigenvalue weighted by atomic mass is 10.0. The van der Waals surface area contributed by atoms with E-state index >= 15 is 0 Å². The number of benzene rings is 2. The van der Waals surface area contributed by atoms with Gasteiger partial charge in [-0.05, 0) is 37.2 Å². The van der Waals surface area contributed by atoms with E-state index in [1.165, 1.54) is 5.56 Å². The number of carbonyl (C=O) groups is 1. The van der Waals surface area contributed by atoms with E-state index in [2.05, 4.69) is 16.3 Å². The molecule has 0 heterocycles. The van der Waals surface area contributed by atoms with Gasteiger partial charge in [0.15, 0.2) is 0 Å². The Hall–Kier alpha value is -2.17. The summed E-state index contributed by atoms with van der Waals surface area (Å²) >= 11 is 0. The summed E-state index contributed by atoms with van der Waals surface area (Å²) in [4.78, 5) is 14.3. The van der Waals surface area contributed by atoms with Gasteiger partial charge in [0.2, 0.25) is 5.91 Å². The molecule has 0 saturated carbocycles. The van der Waals surface area contributed by atoms with Gasteiger partial charge in [0.1, 0.15) is 0 Å². The third kappa shape index (κ3) is 5.51. The third-order valence-electron chi connectivity index (χ3n) is 3.69. The molecule has 4 heteroatoms. The number of hydrogen-bond donors (Lipinski definition) is 2. The zero-order valence-corrected chi connectivity index (χ0v) is 13.8. The van der Waals surface area contributed by atoms with Gasteiger partial charge >= 0.3 is 0 Å². The Bertz CT molecular complexity index is 626. The molecular formula is C19H25N3O. The highest BCUT2D eigenvalue weighted by molar-refractivity contribution is 5.81. The van der Waals surface area contributed by atoms with Gasteiger partial charge in [0.05, 0.1) is 6.04 Å². The summed E-state index contributed by atoms with van der Waals surface area (Å²) in [5.41, 5.74) is 9.43. The normalized spacial score (nSPS) is 12.2. The highest BCUT2D eigenvalue weighted by Gasteiger charge is 2.14. The fourth-order valence-electron chi connectivity index (χ4n) is 2.50. The molecule has 4 nitrogen and oxygen atoms in total. The lowest BCUT2D eigenvalue weighted by Gasteiger charge is -2.16. The standard InChI is InChI=1S/C19H25N3O/c1-22(2)14-17-11-7-6-10-16(17)13-21-19(23)18(20)12-15-8-4-3-5-9-15/h3-11,18H,12-14,20H2,1-2H3,(H,21,23). The fourth-order valence-corrected chi connectivity index (χ4v) is 2.50. The van der Waals surface area contributed by atoms with Crippen LogP contribution in [0.25, 0.3) is 0 Å². The molecule has 0 aliphatic heterocycles. The van der Waals surface area contributed by atoms with E-state index in [9.17, 15) is 4.79 Å². The molecule has 2 aromatic carbocycles. The van der Waals surface area contributed by atoms with Gasteiger partial charge < -0.3 is 16.0 Å². The first-order valence-electron chi connectivity index (χ1n) is 7.85. The Balaban J connectivity index is 1.91. The molecule has 0 aliphatic rings. The van der Waals surface area contributed by atoms with E-state index < -0.39 is 6.04 Å². The van der Waals surface area contributed by atoms with Gasteiger partial charge in [0.25, 0.3) is 0 Å². The number of nitrogens with one attached hydrogen (secondary N) is 1. The van der Waals surface area contributed by atoms with Crippen LogP contribution < -0.4 is 11.1 Å². The lowest BCUT2D eigenvalue weighted by Crippen LogP contribution is -2.41. The first kappa shape index (κ1) is 17.2. The number of nitrogens with zero attached hydrogens (tertiary/aromatic N) is 1. The minimum absolute atomic E-state index is 0.117. The zero-order valence-electron chi connectivity index (χ0n) is 13.8. The van der Waals surface area contributed by atoms with Crippen molar-refractivity contribution in [2.45, 2.75) is 25.6 Å². The monoisotopic (exact) mass is 311 g/mol. The highest BCUT2D eigenvalue weighted by Crippen LogP contribution is 2.10. The predicted molar refractivity (Wildman–Crippen MR) is 93.8 cm³/mol. The molecule has 2 rings (SSSR count). The van der Waals surface area contributed by atoms with Gasteiger partial charge in [-0.25, -0.2) is 0 Å². The zero-order chi connectivity index (χ0) is 16.7. The molecule has 122 valence electrons. The number of amides is 1. The van der Waals surface area contributed by atoms with Gasteiger partial charge in [0, 0.05) is 13.1 Å². The molecule has 0 bridgehead atoms. The summed E-state index contributed by atoms with van der Waals surface area (Å²) in [5, 5.41) is 2.95. The van der Waals surface area contributed by atoms with Crippen LogP contribution in [0, 0.1) is 0 Å². The second-order valence-electron chi connectivity index (χ2n) is 6.02. The van der Waals surface area contributed by atoms with E-state index in [1.54, 1.807) is 0 Å². The van der Waals surface area contributed by atoms with Crippen molar-refractivity contribution in [2.24, 2.45) is 5.73 Å². The Kier molecular flexibility index (Phi) is 6.32. The maximum Gasteiger partial charge on any atom is 0.237 e. The van der Waals surface area contributed by atoms with Crippen molar-refractivity contribution in [3.8, 4) is 0 Å². The second kappa shape index (κ2) is 8.46. The number of nitrogens with two attached hydrogens (primary N) is 1. The number of carbonyl (C=O) groups excluding carboxylic acids is 1. The molecule has 1 amide bonds. The summed E-state index contributed by atoms with van der Waals surface area (Å²) in [6, 6.07) is 17.5. The van der Waals surface area contributed by atoms with Crippen molar-refractivity contribution >= 4 is 5.91 Å². The van der Waals surface area contributed by atoms with Crippen molar-refractivity contribution in [3.05, 3.63) is 71.3 Å². The lowest BCUT2D eigenvalue weighted by molar-refractivity contribution is -0.122. The summed E-state index contributed by atoms with van der Waals surface area (Å²) in [6.07, 6.45) is 0.548. The topological polar surface area (TPSA) is 58.4 Å². The van der Waals surface area contributed by atoms with E-state index in [0.717, 1.165) is 17.7 Å². The van der Waals surface area contributed by atoms with Crippen LogP contribution in [0.5, 0.6) is 0 Å². The van der Waals surface area contributed by atoms with E-state index in [4.69, 9.17) is 5.73 Å². The van der Waals surface area contributed by atoms with Crippen LogP contribution >= 0.6 is 0 Å². The summed E-state index contributed by atoms with van der Waals surface area (Å²) in [5.74, 6) is -0.117. The molecule has 0 aromatic heterocycles. The summed E-state index contributed by atoms with van der Waals surface area (Å²) in [6.45, 7) is 1.35.